The van der Waals surface area contributed by atoms with E-state index in [1.165, 1.54) is 6.07 Å². The standard InChI is InChI=1S/C20H15NO3/c1-13-10-19(22)24-18-11-16(7-8-17(13)18)23-12-15-5-2-4-14-6-3-9-21-20(14)15/h2-11H,12H2,1H3. The van der Waals surface area contributed by atoms with Crippen LogP contribution < -0.4 is 10.4 Å². The molecule has 4 rings (SSSR count). The molecule has 0 atom stereocenters. The Bertz CT molecular complexity index is 1090. The third kappa shape index (κ3) is 2.63. The van der Waals surface area contributed by atoms with Crippen molar-refractivity contribution in [2.24, 2.45) is 0 Å². The number of benzene rings is 2. The quantitative estimate of drug-likeness (QED) is 0.531. The van der Waals surface area contributed by atoms with E-state index in [2.05, 4.69) is 4.98 Å². The highest BCUT2D eigenvalue weighted by atomic mass is 16.5. The van der Waals surface area contributed by atoms with E-state index in [1.807, 2.05) is 49.4 Å². The summed E-state index contributed by atoms with van der Waals surface area (Å²) in [4.78, 5) is 16.0. The zero-order chi connectivity index (χ0) is 16.5. The topological polar surface area (TPSA) is 52.3 Å². The average Bonchev–Trinajstić information content (AvgIpc) is 2.59. The number of para-hydroxylation sites is 1. The predicted octanol–water partition coefficient (Wildman–Crippen LogP) is 4.23. The van der Waals surface area contributed by atoms with Crippen molar-refractivity contribution in [2.45, 2.75) is 13.5 Å². The molecule has 0 unspecified atom stereocenters. The summed E-state index contributed by atoms with van der Waals surface area (Å²) in [6.07, 6.45) is 1.78. The second-order valence-electron chi connectivity index (χ2n) is 5.69. The van der Waals surface area contributed by atoms with Crippen LogP contribution in [0, 0.1) is 6.92 Å². The van der Waals surface area contributed by atoms with Crippen LogP contribution in [0.25, 0.3) is 21.9 Å². The predicted molar refractivity (Wildman–Crippen MR) is 93.3 cm³/mol. The van der Waals surface area contributed by atoms with Gasteiger partial charge in [0, 0.05) is 34.7 Å². The van der Waals surface area contributed by atoms with Crippen LogP contribution in [0.15, 0.2) is 70.0 Å². The van der Waals surface area contributed by atoms with Crippen LogP contribution in [0.1, 0.15) is 11.1 Å². The lowest BCUT2D eigenvalue weighted by Gasteiger charge is -2.09. The van der Waals surface area contributed by atoms with Gasteiger partial charge in [-0.15, -0.1) is 0 Å². The maximum atomic E-state index is 11.5. The molecule has 2 heterocycles. The number of rotatable bonds is 3. The zero-order valence-electron chi connectivity index (χ0n) is 13.2. The van der Waals surface area contributed by atoms with Gasteiger partial charge in [0.1, 0.15) is 17.9 Å². The Balaban J connectivity index is 1.66. The molecule has 0 aliphatic heterocycles. The Morgan fingerprint density at radius 1 is 1.08 bits per heavy atom. The van der Waals surface area contributed by atoms with Gasteiger partial charge in [-0.05, 0) is 30.7 Å². The summed E-state index contributed by atoms with van der Waals surface area (Å²) in [5, 5.41) is 1.99. The lowest BCUT2D eigenvalue weighted by atomic mass is 10.1. The molecule has 0 saturated carbocycles. The molecule has 24 heavy (non-hydrogen) atoms. The molecule has 0 radical (unpaired) electrons. The minimum absolute atomic E-state index is 0.351. The fourth-order valence-corrected chi connectivity index (χ4v) is 2.84. The highest BCUT2D eigenvalue weighted by molar-refractivity contribution is 5.82. The van der Waals surface area contributed by atoms with Crippen LogP contribution in [0.5, 0.6) is 5.75 Å². The van der Waals surface area contributed by atoms with E-state index in [1.54, 1.807) is 12.3 Å². The largest absolute Gasteiger partial charge is 0.489 e. The van der Waals surface area contributed by atoms with Crippen molar-refractivity contribution in [3.63, 3.8) is 0 Å². The Hall–Kier alpha value is -3.14. The van der Waals surface area contributed by atoms with E-state index in [4.69, 9.17) is 9.15 Å². The molecule has 4 nitrogen and oxygen atoms in total. The van der Waals surface area contributed by atoms with Gasteiger partial charge in [0.25, 0.3) is 0 Å². The Morgan fingerprint density at radius 3 is 2.88 bits per heavy atom. The Kier molecular flexibility index (Phi) is 3.50. The van der Waals surface area contributed by atoms with Crippen molar-refractivity contribution in [2.75, 3.05) is 0 Å². The number of aryl methyl sites for hydroxylation is 1. The molecule has 0 fully saturated rings. The maximum absolute atomic E-state index is 11.5. The number of hydrogen-bond acceptors (Lipinski definition) is 4. The van der Waals surface area contributed by atoms with Gasteiger partial charge in [0.05, 0.1) is 5.52 Å². The summed E-state index contributed by atoms with van der Waals surface area (Å²) in [7, 11) is 0. The van der Waals surface area contributed by atoms with Crippen LogP contribution in [0.2, 0.25) is 0 Å². The molecule has 0 bridgehead atoms. The SMILES string of the molecule is Cc1cc(=O)oc2cc(OCc3cccc4cccnc34)ccc12. The first kappa shape index (κ1) is 14.5. The molecule has 2 aromatic heterocycles. The third-order valence-electron chi connectivity index (χ3n) is 4.03. The summed E-state index contributed by atoms with van der Waals surface area (Å²) >= 11 is 0. The van der Waals surface area contributed by atoms with Crippen molar-refractivity contribution >= 4 is 21.9 Å². The van der Waals surface area contributed by atoms with E-state index in [0.29, 0.717) is 17.9 Å². The van der Waals surface area contributed by atoms with Crippen molar-refractivity contribution < 1.29 is 9.15 Å². The fourth-order valence-electron chi connectivity index (χ4n) is 2.84. The normalized spacial score (nSPS) is 11.0. The average molecular weight is 317 g/mol. The van der Waals surface area contributed by atoms with Crippen molar-refractivity contribution in [1.29, 1.82) is 0 Å². The lowest BCUT2D eigenvalue weighted by Crippen LogP contribution is -2.00. The van der Waals surface area contributed by atoms with Gasteiger partial charge >= 0.3 is 5.63 Å². The molecule has 0 aliphatic rings. The van der Waals surface area contributed by atoms with Gasteiger partial charge < -0.3 is 9.15 Å². The summed E-state index contributed by atoms with van der Waals surface area (Å²) in [6.45, 7) is 2.29. The highest BCUT2D eigenvalue weighted by Gasteiger charge is 2.06. The van der Waals surface area contributed by atoms with Gasteiger partial charge in [-0.25, -0.2) is 4.79 Å². The van der Waals surface area contributed by atoms with Crippen molar-refractivity contribution in [3.05, 3.63) is 82.3 Å². The van der Waals surface area contributed by atoms with Crippen LogP contribution in [-0.2, 0) is 6.61 Å². The van der Waals surface area contributed by atoms with Crippen LogP contribution in [0.3, 0.4) is 0 Å². The molecule has 0 N–H and O–H groups in total. The van der Waals surface area contributed by atoms with E-state index < -0.39 is 0 Å². The minimum Gasteiger partial charge on any atom is -0.489 e. The van der Waals surface area contributed by atoms with Gasteiger partial charge in [0.2, 0.25) is 0 Å². The molecule has 2 aromatic carbocycles. The van der Waals surface area contributed by atoms with E-state index in [9.17, 15) is 4.79 Å². The van der Waals surface area contributed by atoms with Crippen LogP contribution >= 0.6 is 0 Å². The molecule has 0 aliphatic carbocycles. The lowest BCUT2D eigenvalue weighted by molar-refractivity contribution is 0.307. The Morgan fingerprint density at radius 2 is 1.96 bits per heavy atom. The van der Waals surface area contributed by atoms with E-state index >= 15 is 0 Å². The molecular formula is C20H15NO3. The minimum atomic E-state index is -0.351. The van der Waals surface area contributed by atoms with E-state index in [-0.39, 0.29) is 5.63 Å². The van der Waals surface area contributed by atoms with Gasteiger partial charge in [-0.1, -0.05) is 24.3 Å². The second kappa shape index (κ2) is 5.81. The fraction of sp³-hybridized carbons (Fsp3) is 0.100. The molecule has 0 saturated heterocycles. The first-order valence-corrected chi connectivity index (χ1v) is 7.71. The summed E-state index contributed by atoms with van der Waals surface area (Å²) in [5.41, 5.74) is 3.03. The maximum Gasteiger partial charge on any atom is 0.336 e. The van der Waals surface area contributed by atoms with Gasteiger partial charge in [0.15, 0.2) is 0 Å². The molecular weight excluding hydrogens is 302 g/mol. The van der Waals surface area contributed by atoms with Gasteiger partial charge in [-0.2, -0.15) is 0 Å². The molecule has 118 valence electrons. The van der Waals surface area contributed by atoms with Crippen LogP contribution in [0.4, 0.5) is 0 Å². The monoisotopic (exact) mass is 317 g/mol. The second-order valence-corrected chi connectivity index (χ2v) is 5.69. The number of ether oxygens (including phenoxy) is 1. The number of nitrogens with zero attached hydrogens (tertiary/aromatic N) is 1. The number of fused-ring (bicyclic) bond motifs is 2. The van der Waals surface area contributed by atoms with Gasteiger partial charge in [-0.3, -0.25) is 4.98 Å². The number of pyridine rings is 1. The molecule has 4 aromatic rings. The Labute approximate surface area is 138 Å². The molecule has 0 amide bonds. The third-order valence-corrected chi connectivity index (χ3v) is 4.03. The molecule has 4 heteroatoms. The number of aromatic nitrogens is 1. The molecule has 0 spiro atoms. The first-order chi connectivity index (χ1) is 11.7. The summed E-state index contributed by atoms with van der Waals surface area (Å²) < 4.78 is 11.1. The number of hydrogen-bond donors (Lipinski definition) is 0. The zero-order valence-corrected chi connectivity index (χ0v) is 13.2. The highest BCUT2D eigenvalue weighted by Crippen LogP contribution is 2.24. The first-order valence-electron chi connectivity index (χ1n) is 7.71. The van der Waals surface area contributed by atoms with Crippen molar-refractivity contribution in [1.82, 2.24) is 4.98 Å². The van der Waals surface area contributed by atoms with Crippen LogP contribution in [-0.4, -0.2) is 4.98 Å². The van der Waals surface area contributed by atoms with E-state index in [0.717, 1.165) is 27.4 Å². The smallest absolute Gasteiger partial charge is 0.336 e. The summed E-state index contributed by atoms with van der Waals surface area (Å²) in [6, 6.07) is 17.0. The van der Waals surface area contributed by atoms with Crippen molar-refractivity contribution in [3.8, 4) is 5.75 Å². The summed E-state index contributed by atoms with van der Waals surface area (Å²) in [5.74, 6) is 0.657.